The third-order valence-electron chi connectivity index (χ3n) is 5.23. The molecule has 23 heavy (non-hydrogen) atoms. The SMILES string of the molecule is CN(C)C1(CNC(=O)N2Cc3ccc(F)cc3C2)CCCC1.Cl. The van der Waals surface area contributed by atoms with Gasteiger partial charge in [0.25, 0.3) is 0 Å². The Morgan fingerprint density at radius 3 is 2.57 bits per heavy atom. The first-order valence-corrected chi connectivity index (χ1v) is 7.98. The largest absolute Gasteiger partial charge is 0.336 e. The highest BCUT2D eigenvalue weighted by Crippen LogP contribution is 2.33. The van der Waals surface area contributed by atoms with Gasteiger partial charge in [0.1, 0.15) is 5.82 Å². The van der Waals surface area contributed by atoms with Crippen molar-refractivity contribution < 1.29 is 9.18 Å². The molecule has 1 saturated carbocycles. The van der Waals surface area contributed by atoms with Gasteiger partial charge in [0.2, 0.25) is 0 Å². The van der Waals surface area contributed by atoms with E-state index in [-0.39, 0.29) is 29.8 Å². The quantitative estimate of drug-likeness (QED) is 0.916. The van der Waals surface area contributed by atoms with Crippen LogP contribution in [0.2, 0.25) is 0 Å². The summed E-state index contributed by atoms with van der Waals surface area (Å²) >= 11 is 0. The number of nitrogens with zero attached hydrogens (tertiary/aromatic N) is 2. The van der Waals surface area contributed by atoms with Crippen LogP contribution in [0.25, 0.3) is 0 Å². The van der Waals surface area contributed by atoms with Gasteiger partial charge in [-0.2, -0.15) is 0 Å². The van der Waals surface area contributed by atoms with Crippen LogP contribution in [0.3, 0.4) is 0 Å². The van der Waals surface area contributed by atoms with Crippen molar-refractivity contribution in [2.75, 3.05) is 20.6 Å². The predicted molar refractivity (Wildman–Crippen MR) is 91.2 cm³/mol. The Bertz CT molecular complexity index is 573. The van der Waals surface area contributed by atoms with Crippen LogP contribution < -0.4 is 5.32 Å². The van der Waals surface area contributed by atoms with Gasteiger partial charge in [0, 0.05) is 25.2 Å². The van der Waals surface area contributed by atoms with E-state index in [9.17, 15) is 9.18 Å². The summed E-state index contributed by atoms with van der Waals surface area (Å²) < 4.78 is 13.3. The van der Waals surface area contributed by atoms with Crippen molar-refractivity contribution in [3.63, 3.8) is 0 Å². The normalized spacial score (nSPS) is 18.7. The Kier molecular flexibility index (Phi) is 5.53. The number of likely N-dealkylation sites (N-methyl/N-ethyl adjacent to an activating group) is 1. The molecule has 0 saturated heterocycles. The minimum Gasteiger partial charge on any atom is -0.336 e. The van der Waals surface area contributed by atoms with Gasteiger partial charge in [-0.15, -0.1) is 12.4 Å². The number of nitrogens with one attached hydrogen (secondary N) is 1. The lowest BCUT2D eigenvalue weighted by Gasteiger charge is -2.37. The molecule has 6 heteroatoms. The van der Waals surface area contributed by atoms with Crippen LogP contribution >= 0.6 is 12.4 Å². The van der Waals surface area contributed by atoms with E-state index in [0.29, 0.717) is 19.6 Å². The maximum Gasteiger partial charge on any atom is 0.318 e. The Labute approximate surface area is 143 Å². The van der Waals surface area contributed by atoms with Crippen LogP contribution in [0.15, 0.2) is 18.2 Å². The van der Waals surface area contributed by atoms with E-state index in [4.69, 9.17) is 0 Å². The summed E-state index contributed by atoms with van der Waals surface area (Å²) in [5.74, 6) is -0.237. The summed E-state index contributed by atoms with van der Waals surface area (Å²) in [4.78, 5) is 16.4. The highest BCUT2D eigenvalue weighted by molar-refractivity contribution is 5.85. The van der Waals surface area contributed by atoms with Crippen LogP contribution in [0.4, 0.5) is 9.18 Å². The van der Waals surface area contributed by atoms with Gasteiger partial charge in [0.05, 0.1) is 0 Å². The van der Waals surface area contributed by atoms with Crippen LogP contribution in [0, 0.1) is 5.82 Å². The number of benzene rings is 1. The number of hydrogen-bond donors (Lipinski definition) is 1. The average molecular weight is 342 g/mol. The molecule has 1 aliphatic heterocycles. The second kappa shape index (κ2) is 7.05. The number of amides is 2. The molecule has 0 bridgehead atoms. The number of carbonyl (C=O) groups excluding carboxylic acids is 1. The third kappa shape index (κ3) is 3.61. The first kappa shape index (κ1) is 18.0. The van der Waals surface area contributed by atoms with Crippen molar-refractivity contribution in [1.29, 1.82) is 0 Å². The number of hydrogen-bond acceptors (Lipinski definition) is 2. The fraction of sp³-hybridized carbons (Fsp3) is 0.588. The van der Waals surface area contributed by atoms with Crippen LogP contribution in [0.5, 0.6) is 0 Å². The van der Waals surface area contributed by atoms with E-state index < -0.39 is 0 Å². The molecule has 2 aliphatic rings. The molecular weight excluding hydrogens is 317 g/mol. The van der Waals surface area contributed by atoms with E-state index in [1.807, 2.05) is 0 Å². The molecule has 0 spiro atoms. The maximum absolute atomic E-state index is 13.3. The highest BCUT2D eigenvalue weighted by Gasteiger charge is 2.36. The number of rotatable bonds is 3. The fourth-order valence-electron chi connectivity index (χ4n) is 3.67. The molecule has 0 radical (unpaired) electrons. The van der Waals surface area contributed by atoms with Gasteiger partial charge in [-0.1, -0.05) is 18.9 Å². The lowest BCUT2D eigenvalue weighted by atomic mass is 9.96. The molecule has 3 rings (SSSR count). The van der Waals surface area contributed by atoms with Crippen molar-refractivity contribution in [1.82, 2.24) is 15.1 Å². The molecule has 1 fully saturated rings. The van der Waals surface area contributed by atoms with Crippen molar-refractivity contribution >= 4 is 18.4 Å². The Morgan fingerprint density at radius 2 is 1.91 bits per heavy atom. The molecule has 0 unspecified atom stereocenters. The molecule has 4 nitrogen and oxygen atoms in total. The predicted octanol–water partition coefficient (Wildman–Crippen LogP) is 3.15. The zero-order valence-electron chi connectivity index (χ0n) is 13.8. The van der Waals surface area contributed by atoms with Crippen LogP contribution in [-0.4, -0.2) is 42.0 Å². The minimum absolute atomic E-state index is 0. The Hall–Kier alpha value is -1.33. The molecule has 128 valence electrons. The molecule has 1 aromatic rings. The monoisotopic (exact) mass is 341 g/mol. The van der Waals surface area contributed by atoms with Gasteiger partial charge in [-0.25, -0.2) is 9.18 Å². The smallest absolute Gasteiger partial charge is 0.318 e. The van der Waals surface area contributed by atoms with Crippen molar-refractivity contribution in [3.05, 3.63) is 35.1 Å². The first-order chi connectivity index (χ1) is 10.5. The summed E-state index contributed by atoms with van der Waals surface area (Å²) in [5, 5.41) is 3.09. The molecule has 1 aromatic carbocycles. The fourth-order valence-corrected chi connectivity index (χ4v) is 3.67. The second-order valence-electron chi connectivity index (χ2n) is 6.75. The zero-order chi connectivity index (χ0) is 15.7. The van der Waals surface area contributed by atoms with E-state index in [1.165, 1.54) is 25.0 Å². The summed E-state index contributed by atoms with van der Waals surface area (Å²) in [6.45, 7) is 1.74. The Morgan fingerprint density at radius 1 is 1.26 bits per heavy atom. The highest BCUT2D eigenvalue weighted by atomic mass is 35.5. The first-order valence-electron chi connectivity index (χ1n) is 7.98. The van der Waals surface area contributed by atoms with Crippen LogP contribution in [-0.2, 0) is 13.1 Å². The van der Waals surface area contributed by atoms with Gasteiger partial charge >= 0.3 is 6.03 Å². The number of fused-ring (bicyclic) bond motifs is 1. The zero-order valence-corrected chi connectivity index (χ0v) is 14.6. The molecule has 0 atom stereocenters. The van der Waals surface area contributed by atoms with Gasteiger partial charge in [-0.3, -0.25) is 0 Å². The number of urea groups is 1. The minimum atomic E-state index is -0.237. The molecular formula is C17H25ClFN3O. The molecule has 0 aromatic heterocycles. The molecule has 1 heterocycles. The summed E-state index contributed by atoms with van der Waals surface area (Å²) in [7, 11) is 4.18. The Balaban J connectivity index is 0.00000192. The third-order valence-corrected chi connectivity index (χ3v) is 5.23. The van der Waals surface area contributed by atoms with Gasteiger partial charge < -0.3 is 15.1 Å². The number of halogens is 2. The standard InChI is InChI=1S/C17H24FN3O.ClH/c1-20(2)17(7-3-4-8-17)12-19-16(22)21-10-13-5-6-15(18)9-14(13)11-21;/h5-6,9H,3-4,7-8,10-12H2,1-2H3,(H,19,22);1H. The van der Waals surface area contributed by atoms with Crippen molar-refractivity contribution in [3.8, 4) is 0 Å². The lowest BCUT2D eigenvalue weighted by molar-refractivity contribution is 0.146. The van der Waals surface area contributed by atoms with E-state index in [0.717, 1.165) is 24.0 Å². The lowest BCUT2D eigenvalue weighted by Crippen LogP contribution is -2.52. The molecule has 1 aliphatic carbocycles. The van der Waals surface area contributed by atoms with E-state index in [1.54, 1.807) is 11.0 Å². The number of carbonyl (C=O) groups is 1. The van der Waals surface area contributed by atoms with Gasteiger partial charge in [-0.05, 0) is 50.2 Å². The second-order valence-corrected chi connectivity index (χ2v) is 6.75. The topological polar surface area (TPSA) is 35.6 Å². The van der Waals surface area contributed by atoms with Gasteiger partial charge in [0.15, 0.2) is 0 Å². The van der Waals surface area contributed by atoms with Crippen LogP contribution in [0.1, 0.15) is 36.8 Å². The summed E-state index contributed by atoms with van der Waals surface area (Å²) in [6.07, 6.45) is 4.71. The average Bonchev–Trinajstić information content (AvgIpc) is 3.11. The van der Waals surface area contributed by atoms with E-state index >= 15 is 0 Å². The summed E-state index contributed by atoms with van der Waals surface area (Å²) in [6, 6.07) is 4.71. The van der Waals surface area contributed by atoms with Crippen molar-refractivity contribution in [2.45, 2.75) is 44.3 Å². The molecule has 2 amide bonds. The van der Waals surface area contributed by atoms with E-state index in [2.05, 4.69) is 24.3 Å². The maximum atomic E-state index is 13.3. The molecule has 1 N–H and O–H groups in total. The van der Waals surface area contributed by atoms with Crippen molar-refractivity contribution in [2.24, 2.45) is 0 Å². The summed E-state index contributed by atoms with van der Waals surface area (Å²) in [5.41, 5.74) is 2.05.